The molecule has 9 nitrogen and oxygen atoms in total. The van der Waals surface area contributed by atoms with Crippen LogP contribution >= 0.6 is 0 Å². The van der Waals surface area contributed by atoms with Crippen molar-refractivity contribution in [1.29, 1.82) is 0 Å². The second-order valence-corrected chi connectivity index (χ2v) is 12.0. The average molecular weight is 613 g/mol. The number of nitrogens with zero attached hydrogens (tertiary/aromatic N) is 5. The van der Waals surface area contributed by atoms with E-state index in [2.05, 4.69) is 21.9 Å². The van der Waals surface area contributed by atoms with Gasteiger partial charge in [0.25, 0.3) is 0 Å². The number of pyridine rings is 1. The molecule has 11 heteroatoms. The predicted molar refractivity (Wildman–Crippen MR) is 170 cm³/mol. The Hall–Kier alpha value is -4.93. The number of para-hydroxylation sites is 1. The smallest absolute Gasteiger partial charge is 0.349 e. The largest absolute Gasteiger partial charge is 0.355 e. The molecule has 2 bridgehead atoms. The van der Waals surface area contributed by atoms with Crippen LogP contribution in [0, 0.1) is 11.6 Å². The number of benzene rings is 2. The Labute approximate surface area is 259 Å². The van der Waals surface area contributed by atoms with Crippen molar-refractivity contribution in [2.45, 2.75) is 58.5 Å². The van der Waals surface area contributed by atoms with E-state index in [1.807, 2.05) is 50.8 Å². The molecule has 2 aliphatic rings. The standard InChI is InChI=1S/C34H34F2N6O3/c1-6-28(44)40-16-20(5)41(17-19(40)4)32-23-15-25(36)30-29-24(35)11-8-12-26(29)37-27(43)14-13-21-9-7-10-22(18(2)3)31(21)42(33(23)38-30)34(45)39-32/h6-12,15,18-20H,1,13-14,16-17H2,2-5H3,(H,37,43)/t19-,20+/m1/s1. The lowest BCUT2D eigenvalue weighted by molar-refractivity contribution is -0.128. The van der Waals surface area contributed by atoms with Crippen molar-refractivity contribution in [3.63, 3.8) is 0 Å². The van der Waals surface area contributed by atoms with Gasteiger partial charge in [-0.25, -0.2) is 23.1 Å². The maximum atomic E-state index is 16.2. The van der Waals surface area contributed by atoms with Crippen LogP contribution in [0.4, 0.5) is 20.3 Å². The van der Waals surface area contributed by atoms with Gasteiger partial charge in [-0.05, 0) is 61.6 Å². The fourth-order valence-electron chi connectivity index (χ4n) is 6.43. The van der Waals surface area contributed by atoms with E-state index in [9.17, 15) is 14.4 Å². The van der Waals surface area contributed by atoms with Crippen molar-refractivity contribution in [2.75, 3.05) is 23.3 Å². The molecule has 0 spiro atoms. The number of hydrogen-bond donors (Lipinski definition) is 1. The van der Waals surface area contributed by atoms with E-state index in [1.54, 1.807) is 4.90 Å². The molecule has 0 unspecified atom stereocenters. The lowest BCUT2D eigenvalue weighted by Gasteiger charge is -2.44. The number of nitrogens with one attached hydrogen (secondary N) is 1. The topological polar surface area (TPSA) is 100 Å². The first-order chi connectivity index (χ1) is 21.5. The zero-order valence-corrected chi connectivity index (χ0v) is 25.6. The Morgan fingerprint density at radius 2 is 1.78 bits per heavy atom. The van der Waals surface area contributed by atoms with E-state index in [0.717, 1.165) is 11.1 Å². The molecule has 1 saturated heterocycles. The summed E-state index contributed by atoms with van der Waals surface area (Å²) in [6, 6.07) is 10.4. The summed E-state index contributed by atoms with van der Waals surface area (Å²) >= 11 is 0. The Balaban J connectivity index is 1.70. The molecular weight excluding hydrogens is 578 g/mol. The highest BCUT2D eigenvalue weighted by Crippen LogP contribution is 2.38. The second-order valence-electron chi connectivity index (χ2n) is 12.0. The number of carbonyl (C=O) groups is 2. The highest BCUT2D eigenvalue weighted by molar-refractivity contribution is 5.97. The highest BCUT2D eigenvalue weighted by atomic mass is 19.1. The van der Waals surface area contributed by atoms with Gasteiger partial charge in [-0.2, -0.15) is 4.98 Å². The summed E-state index contributed by atoms with van der Waals surface area (Å²) in [6.45, 7) is 12.0. The highest BCUT2D eigenvalue weighted by Gasteiger charge is 2.34. The van der Waals surface area contributed by atoms with Crippen molar-refractivity contribution < 1.29 is 18.4 Å². The van der Waals surface area contributed by atoms with Crippen molar-refractivity contribution >= 4 is 34.4 Å². The number of amides is 2. The molecule has 232 valence electrons. The molecule has 2 aromatic heterocycles. The molecule has 0 radical (unpaired) electrons. The molecule has 6 rings (SSSR count). The second kappa shape index (κ2) is 11.5. The quantitative estimate of drug-likeness (QED) is 0.314. The van der Waals surface area contributed by atoms with Gasteiger partial charge in [-0.1, -0.05) is 44.7 Å². The van der Waals surface area contributed by atoms with E-state index in [1.165, 1.54) is 34.9 Å². The molecule has 0 aliphatic carbocycles. The van der Waals surface area contributed by atoms with Gasteiger partial charge in [-0.3, -0.25) is 9.59 Å². The maximum absolute atomic E-state index is 16.2. The van der Waals surface area contributed by atoms with Gasteiger partial charge in [0.05, 0.1) is 22.3 Å². The third-order valence-electron chi connectivity index (χ3n) is 8.66. The molecule has 2 aromatic carbocycles. The summed E-state index contributed by atoms with van der Waals surface area (Å²) in [6.07, 6.45) is 1.59. The predicted octanol–water partition coefficient (Wildman–Crippen LogP) is 5.35. The van der Waals surface area contributed by atoms with Gasteiger partial charge in [0, 0.05) is 31.6 Å². The Morgan fingerprint density at radius 3 is 2.51 bits per heavy atom. The summed E-state index contributed by atoms with van der Waals surface area (Å²) in [5.41, 5.74) is 1.07. The molecule has 1 N–H and O–H groups in total. The Morgan fingerprint density at radius 1 is 1.02 bits per heavy atom. The lowest BCUT2D eigenvalue weighted by atomic mass is 9.95. The van der Waals surface area contributed by atoms with E-state index in [0.29, 0.717) is 18.8 Å². The maximum Gasteiger partial charge on any atom is 0.355 e. The minimum atomic E-state index is -0.841. The summed E-state index contributed by atoms with van der Waals surface area (Å²) in [4.78, 5) is 52.6. The Kier molecular flexibility index (Phi) is 7.72. The van der Waals surface area contributed by atoms with E-state index >= 15 is 8.78 Å². The first-order valence-corrected chi connectivity index (χ1v) is 15.0. The van der Waals surface area contributed by atoms with Crippen LogP contribution in [0.1, 0.15) is 51.2 Å². The van der Waals surface area contributed by atoms with Gasteiger partial charge in [0.15, 0.2) is 11.5 Å². The fraction of sp³-hybridized carbons (Fsp3) is 0.324. The molecule has 4 heterocycles. The number of piperazine rings is 1. The molecule has 4 aromatic rings. The molecule has 2 atom stereocenters. The molecule has 45 heavy (non-hydrogen) atoms. The number of fused-ring (bicyclic) bond motifs is 5. The van der Waals surface area contributed by atoms with Crippen LogP contribution in [0.5, 0.6) is 0 Å². The minimum absolute atomic E-state index is 0.0299. The number of anilines is 2. The number of rotatable bonds is 3. The summed E-state index contributed by atoms with van der Waals surface area (Å²) < 4.78 is 33.1. The SMILES string of the molecule is C=CC(=O)N1C[C@H](C)N(c2nc(=O)n3c4nc(c(F)cc24)-c2c(F)cccc2NC(=O)CCc2cccc(C(C)C)c2-3)C[C@H]1C. The number of halogens is 2. The minimum Gasteiger partial charge on any atom is -0.349 e. The van der Waals surface area contributed by atoms with Crippen molar-refractivity contribution in [1.82, 2.24) is 19.4 Å². The summed E-state index contributed by atoms with van der Waals surface area (Å²) in [5, 5.41) is 3.00. The van der Waals surface area contributed by atoms with Gasteiger partial charge in [0.2, 0.25) is 11.8 Å². The summed E-state index contributed by atoms with van der Waals surface area (Å²) in [7, 11) is 0. The van der Waals surface area contributed by atoms with Gasteiger partial charge in [0.1, 0.15) is 17.3 Å². The number of aryl methyl sites for hydroxylation is 1. The van der Waals surface area contributed by atoms with Crippen molar-refractivity contribution in [2.24, 2.45) is 0 Å². The third-order valence-corrected chi connectivity index (χ3v) is 8.66. The van der Waals surface area contributed by atoms with Crippen LogP contribution in [0.15, 0.2) is 59.9 Å². The molecule has 0 saturated carbocycles. The van der Waals surface area contributed by atoms with Crippen LogP contribution in [0.2, 0.25) is 0 Å². The number of aromatic nitrogens is 3. The molecule has 1 fully saturated rings. The Bertz CT molecular complexity index is 1940. The first kappa shape index (κ1) is 30.1. The average Bonchev–Trinajstić information content (AvgIpc) is 3.00. The monoisotopic (exact) mass is 612 g/mol. The van der Waals surface area contributed by atoms with E-state index in [4.69, 9.17) is 0 Å². The first-order valence-electron chi connectivity index (χ1n) is 15.0. The van der Waals surface area contributed by atoms with Crippen LogP contribution in [0.3, 0.4) is 0 Å². The summed E-state index contributed by atoms with van der Waals surface area (Å²) in [5.74, 6) is -2.00. The molecular formula is C34H34F2N6O3. The van der Waals surface area contributed by atoms with Crippen molar-refractivity contribution in [3.8, 4) is 16.9 Å². The van der Waals surface area contributed by atoms with E-state index < -0.39 is 17.3 Å². The number of carbonyl (C=O) groups excluding carboxylic acids is 2. The third kappa shape index (κ3) is 5.15. The van der Waals surface area contributed by atoms with Crippen LogP contribution in [0.25, 0.3) is 28.0 Å². The van der Waals surface area contributed by atoms with Crippen LogP contribution < -0.4 is 15.9 Å². The fourth-order valence-corrected chi connectivity index (χ4v) is 6.43. The van der Waals surface area contributed by atoms with Gasteiger partial charge < -0.3 is 15.1 Å². The molecule has 2 amide bonds. The number of hydrogen-bond acceptors (Lipinski definition) is 6. The van der Waals surface area contributed by atoms with Crippen LogP contribution in [-0.2, 0) is 16.0 Å². The van der Waals surface area contributed by atoms with E-state index in [-0.39, 0.29) is 76.5 Å². The normalized spacial score (nSPS) is 18.2. The van der Waals surface area contributed by atoms with Gasteiger partial charge in [-0.15, -0.1) is 0 Å². The zero-order chi connectivity index (χ0) is 32.2. The van der Waals surface area contributed by atoms with Crippen molar-refractivity contribution in [3.05, 3.63) is 88.4 Å². The molecule has 2 aliphatic heterocycles. The zero-order valence-electron chi connectivity index (χ0n) is 25.6. The lowest BCUT2D eigenvalue weighted by Crippen LogP contribution is -2.58. The van der Waals surface area contributed by atoms with Crippen LogP contribution in [-0.4, -0.2) is 56.4 Å². The van der Waals surface area contributed by atoms with Gasteiger partial charge >= 0.3 is 5.69 Å².